The first-order chi connectivity index (χ1) is 4.20. The van der Waals surface area contributed by atoms with Crippen molar-refractivity contribution in [2.45, 2.75) is 6.42 Å². The third kappa shape index (κ3) is 3.88. The summed E-state index contributed by atoms with van der Waals surface area (Å²) in [5.74, 6) is -2.11. The van der Waals surface area contributed by atoms with Gasteiger partial charge in [-0.15, -0.1) is 0 Å². The maximum absolute atomic E-state index is 11.5. The molecule has 0 aromatic heterocycles. The molecular formula is C5H8F2O2. The number of aliphatic carboxylic acids is 1. The number of carbonyl (C=O) groups is 1. The van der Waals surface area contributed by atoms with Crippen LogP contribution in [0.2, 0.25) is 0 Å². The highest BCUT2D eigenvalue weighted by Gasteiger charge is 2.11. The van der Waals surface area contributed by atoms with Gasteiger partial charge in [-0.25, -0.2) is 0 Å². The van der Waals surface area contributed by atoms with E-state index >= 15 is 0 Å². The van der Waals surface area contributed by atoms with Crippen molar-refractivity contribution in [3.63, 3.8) is 0 Å². The number of hydrogen-bond donors (Lipinski definition) is 1. The van der Waals surface area contributed by atoms with Gasteiger partial charge in [0.2, 0.25) is 0 Å². The van der Waals surface area contributed by atoms with Crippen molar-refractivity contribution in [3.05, 3.63) is 0 Å². The molecule has 0 spiro atoms. The fraction of sp³-hybridized carbons (Fsp3) is 0.800. The molecule has 0 saturated heterocycles. The van der Waals surface area contributed by atoms with Crippen LogP contribution in [0.5, 0.6) is 0 Å². The summed E-state index contributed by atoms with van der Waals surface area (Å²) in [5.41, 5.74) is 0. The summed E-state index contributed by atoms with van der Waals surface area (Å²) in [4.78, 5) is 9.79. The molecule has 0 heterocycles. The largest absolute Gasteiger partial charge is 0.481 e. The summed E-state index contributed by atoms with van der Waals surface area (Å²) >= 11 is 0. The normalized spacial score (nSPS) is 10.1. The lowest BCUT2D eigenvalue weighted by atomic mass is 10.1. The Morgan fingerprint density at radius 1 is 1.44 bits per heavy atom. The van der Waals surface area contributed by atoms with E-state index in [4.69, 9.17) is 5.11 Å². The Kier molecular flexibility index (Phi) is 3.92. The van der Waals surface area contributed by atoms with Crippen molar-refractivity contribution in [3.8, 4) is 0 Å². The van der Waals surface area contributed by atoms with Gasteiger partial charge >= 0.3 is 5.97 Å². The van der Waals surface area contributed by atoms with Crippen molar-refractivity contribution in [2.75, 3.05) is 13.3 Å². The number of alkyl halides is 2. The van der Waals surface area contributed by atoms with Crippen LogP contribution in [0.3, 0.4) is 0 Å². The van der Waals surface area contributed by atoms with E-state index in [2.05, 4.69) is 0 Å². The number of carboxylic acids is 1. The Hall–Kier alpha value is -0.670. The maximum atomic E-state index is 11.5. The smallest absolute Gasteiger partial charge is 0.303 e. The third-order valence-corrected chi connectivity index (χ3v) is 0.900. The number of halogens is 2. The predicted octanol–water partition coefficient (Wildman–Crippen LogP) is 1.02. The van der Waals surface area contributed by atoms with Gasteiger partial charge in [0.05, 0.1) is 19.8 Å². The highest BCUT2D eigenvalue weighted by atomic mass is 19.1. The average Bonchev–Trinajstić information content (AvgIpc) is 1.82. The summed E-state index contributed by atoms with van der Waals surface area (Å²) in [7, 11) is 0. The Labute approximate surface area is 51.5 Å². The standard InChI is InChI=1S/C5H8F2O2/c6-2-4(3-7)1-5(8)9/h4H,1-3H2,(H,8,9). The van der Waals surface area contributed by atoms with E-state index in [1.165, 1.54) is 0 Å². The predicted molar refractivity (Wildman–Crippen MR) is 27.7 cm³/mol. The number of rotatable bonds is 4. The first-order valence-corrected chi connectivity index (χ1v) is 2.54. The molecule has 0 aromatic rings. The van der Waals surface area contributed by atoms with Crippen molar-refractivity contribution in [2.24, 2.45) is 5.92 Å². The molecule has 0 atom stereocenters. The lowest BCUT2D eigenvalue weighted by Gasteiger charge is -2.01. The van der Waals surface area contributed by atoms with E-state index < -0.39 is 31.7 Å². The molecule has 1 N–H and O–H groups in total. The molecule has 0 rings (SSSR count). The van der Waals surface area contributed by atoms with Crippen LogP contribution in [0.4, 0.5) is 8.78 Å². The van der Waals surface area contributed by atoms with Crippen molar-refractivity contribution in [1.29, 1.82) is 0 Å². The lowest BCUT2D eigenvalue weighted by molar-refractivity contribution is -0.138. The van der Waals surface area contributed by atoms with Crippen LogP contribution in [-0.2, 0) is 4.79 Å². The van der Waals surface area contributed by atoms with Gasteiger partial charge in [-0.2, -0.15) is 0 Å². The van der Waals surface area contributed by atoms with Gasteiger partial charge in [0.1, 0.15) is 0 Å². The summed E-state index contributed by atoms with van der Waals surface area (Å²) < 4.78 is 23.0. The van der Waals surface area contributed by atoms with E-state index in [1.807, 2.05) is 0 Å². The molecule has 0 aromatic carbocycles. The van der Waals surface area contributed by atoms with E-state index in [0.29, 0.717) is 0 Å². The van der Waals surface area contributed by atoms with Gasteiger partial charge in [0, 0.05) is 5.92 Å². The van der Waals surface area contributed by atoms with E-state index in [1.54, 1.807) is 0 Å². The molecule has 0 aliphatic rings. The summed E-state index contributed by atoms with van der Waals surface area (Å²) in [6.07, 6.45) is -0.424. The maximum Gasteiger partial charge on any atom is 0.303 e. The molecule has 4 heteroatoms. The second kappa shape index (κ2) is 4.23. The monoisotopic (exact) mass is 138 g/mol. The van der Waals surface area contributed by atoms with Crippen LogP contribution in [-0.4, -0.2) is 24.4 Å². The highest BCUT2D eigenvalue weighted by molar-refractivity contribution is 5.67. The number of hydrogen-bond acceptors (Lipinski definition) is 1. The van der Waals surface area contributed by atoms with Crippen LogP contribution in [0.15, 0.2) is 0 Å². The molecule has 0 aliphatic carbocycles. The van der Waals surface area contributed by atoms with E-state index in [0.717, 1.165) is 0 Å². The van der Waals surface area contributed by atoms with Crippen molar-refractivity contribution >= 4 is 5.97 Å². The third-order valence-electron chi connectivity index (χ3n) is 0.900. The molecular weight excluding hydrogens is 130 g/mol. The molecule has 9 heavy (non-hydrogen) atoms. The minimum absolute atomic E-state index is 0.424. The minimum atomic E-state index is -1.16. The molecule has 0 aliphatic heterocycles. The van der Waals surface area contributed by atoms with Crippen LogP contribution >= 0.6 is 0 Å². The Morgan fingerprint density at radius 3 is 2.00 bits per heavy atom. The zero-order valence-corrected chi connectivity index (χ0v) is 4.81. The fourth-order valence-corrected chi connectivity index (χ4v) is 0.397. The summed E-state index contributed by atoms with van der Waals surface area (Å²) in [5, 5.41) is 8.01. The van der Waals surface area contributed by atoms with Gasteiger partial charge in [-0.05, 0) is 0 Å². The average molecular weight is 138 g/mol. The summed E-state index contributed by atoms with van der Waals surface area (Å²) in [6.45, 7) is -1.80. The lowest BCUT2D eigenvalue weighted by Crippen LogP contribution is -2.11. The first kappa shape index (κ1) is 8.33. The second-order valence-electron chi connectivity index (χ2n) is 1.77. The molecule has 0 saturated carbocycles. The molecule has 0 amide bonds. The zero-order chi connectivity index (χ0) is 7.28. The van der Waals surface area contributed by atoms with Crippen LogP contribution in [0, 0.1) is 5.92 Å². The van der Waals surface area contributed by atoms with Gasteiger partial charge in [0.25, 0.3) is 0 Å². The van der Waals surface area contributed by atoms with E-state index in [9.17, 15) is 13.6 Å². The first-order valence-electron chi connectivity index (χ1n) is 2.54. The topological polar surface area (TPSA) is 37.3 Å². The van der Waals surface area contributed by atoms with Crippen molar-refractivity contribution < 1.29 is 18.7 Å². The van der Waals surface area contributed by atoms with Gasteiger partial charge in [-0.3, -0.25) is 13.6 Å². The second-order valence-corrected chi connectivity index (χ2v) is 1.77. The molecule has 0 bridgehead atoms. The van der Waals surface area contributed by atoms with Gasteiger partial charge in [0.15, 0.2) is 0 Å². The molecule has 0 radical (unpaired) electrons. The van der Waals surface area contributed by atoms with Crippen molar-refractivity contribution in [1.82, 2.24) is 0 Å². The molecule has 0 fully saturated rings. The van der Waals surface area contributed by atoms with Crippen LogP contribution in [0.25, 0.3) is 0 Å². The quantitative estimate of drug-likeness (QED) is 0.629. The van der Waals surface area contributed by atoms with Crippen LogP contribution in [0.1, 0.15) is 6.42 Å². The molecule has 0 unspecified atom stereocenters. The highest BCUT2D eigenvalue weighted by Crippen LogP contribution is 2.03. The minimum Gasteiger partial charge on any atom is -0.481 e. The molecule has 2 nitrogen and oxygen atoms in total. The number of carboxylic acid groups (broad SMARTS) is 1. The fourth-order valence-electron chi connectivity index (χ4n) is 0.397. The Balaban J connectivity index is 3.43. The van der Waals surface area contributed by atoms with Crippen LogP contribution < -0.4 is 0 Å². The van der Waals surface area contributed by atoms with E-state index in [-0.39, 0.29) is 0 Å². The van der Waals surface area contributed by atoms with Gasteiger partial charge < -0.3 is 5.11 Å². The zero-order valence-electron chi connectivity index (χ0n) is 4.81. The molecule has 54 valence electrons. The Bertz CT molecular complexity index is 91.0. The summed E-state index contributed by atoms with van der Waals surface area (Å²) in [6, 6.07) is 0. The Morgan fingerprint density at radius 2 is 1.89 bits per heavy atom. The van der Waals surface area contributed by atoms with Gasteiger partial charge in [-0.1, -0.05) is 0 Å². The SMILES string of the molecule is O=C(O)CC(CF)CF.